The van der Waals surface area contributed by atoms with Crippen molar-refractivity contribution < 1.29 is 14.7 Å². The quantitative estimate of drug-likeness (QED) is 0.882. The fourth-order valence-electron chi connectivity index (χ4n) is 2.02. The molecule has 0 aliphatic carbocycles. The Morgan fingerprint density at radius 3 is 2.43 bits per heavy atom. The average molecular weight is 284 g/mol. The van der Waals surface area contributed by atoms with E-state index in [1.165, 1.54) is 6.20 Å². The van der Waals surface area contributed by atoms with Gasteiger partial charge in [-0.15, -0.1) is 0 Å². The van der Waals surface area contributed by atoms with E-state index in [0.29, 0.717) is 5.56 Å². The van der Waals surface area contributed by atoms with E-state index in [9.17, 15) is 14.7 Å². The van der Waals surface area contributed by atoms with Gasteiger partial charge in [-0.1, -0.05) is 30.3 Å². The lowest BCUT2D eigenvalue weighted by molar-refractivity contribution is -0.142. The van der Waals surface area contributed by atoms with Gasteiger partial charge in [-0.3, -0.25) is 14.6 Å². The van der Waals surface area contributed by atoms with Gasteiger partial charge in [0.15, 0.2) is 0 Å². The molecule has 0 aliphatic rings. The smallest absolute Gasteiger partial charge is 0.308 e. The summed E-state index contributed by atoms with van der Waals surface area (Å²) in [5, 5.41) is 12.0. The molecule has 2 atom stereocenters. The van der Waals surface area contributed by atoms with Crippen LogP contribution in [0.2, 0.25) is 0 Å². The van der Waals surface area contributed by atoms with E-state index in [0.717, 1.165) is 5.56 Å². The summed E-state index contributed by atoms with van der Waals surface area (Å²) >= 11 is 0. The largest absolute Gasteiger partial charge is 0.481 e. The van der Waals surface area contributed by atoms with Crippen LogP contribution in [0.4, 0.5) is 0 Å². The summed E-state index contributed by atoms with van der Waals surface area (Å²) in [6, 6.07) is 11.8. The lowest BCUT2D eigenvalue weighted by Gasteiger charge is -2.23. The van der Waals surface area contributed by atoms with Gasteiger partial charge in [-0.2, -0.15) is 0 Å². The normalized spacial score (nSPS) is 13.2. The molecule has 0 bridgehead atoms. The second-order valence-corrected chi connectivity index (χ2v) is 4.73. The van der Waals surface area contributed by atoms with Crippen LogP contribution in [0.15, 0.2) is 54.9 Å². The number of hydrogen-bond acceptors (Lipinski definition) is 3. The second kappa shape index (κ2) is 6.65. The highest BCUT2D eigenvalue weighted by Crippen LogP contribution is 2.22. The number of nitrogens with one attached hydrogen (secondary N) is 1. The van der Waals surface area contributed by atoms with Crippen molar-refractivity contribution in [3.63, 3.8) is 0 Å². The Bertz CT molecular complexity index is 614. The van der Waals surface area contributed by atoms with Gasteiger partial charge in [-0.25, -0.2) is 0 Å². The van der Waals surface area contributed by atoms with E-state index in [1.807, 2.05) is 18.2 Å². The molecule has 1 amide bonds. The van der Waals surface area contributed by atoms with Crippen molar-refractivity contribution in [1.29, 1.82) is 0 Å². The van der Waals surface area contributed by atoms with Crippen molar-refractivity contribution in [3.8, 4) is 0 Å². The molecule has 1 heterocycles. The SMILES string of the molecule is C[C@H](C(=O)O)[C@@H](NC(=O)c1cccnc1)c1ccccc1. The van der Waals surface area contributed by atoms with Gasteiger partial charge in [0.05, 0.1) is 17.5 Å². The third-order valence-corrected chi connectivity index (χ3v) is 3.26. The summed E-state index contributed by atoms with van der Waals surface area (Å²) in [5.41, 5.74) is 1.15. The molecular weight excluding hydrogens is 268 g/mol. The lowest BCUT2D eigenvalue weighted by Crippen LogP contribution is -2.35. The summed E-state index contributed by atoms with van der Waals surface area (Å²) in [5.74, 6) is -2.05. The molecule has 2 aromatic rings. The number of carboxylic acid groups (broad SMARTS) is 1. The number of aromatic nitrogens is 1. The number of carbonyl (C=O) groups is 2. The Balaban J connectivity index is 2.25. The van der Waals surface area contributed by atoms with E-state index < -0.39 is 17.9 Å². The average Bonchev–Trinajstić information content (AvgIpc) is 2.53. The van der Waals surface area contributed by atoms with Crippen molar-refractivity contribution in [2.24, 2.45) is 5.92 Å². The van der Waals surface area contributed by atoms with Crippen molar-refractivity contribution in [1.82, 2.24) is 10.3 Å². The fourth-order valence-corrected chi connectivity index (χ4v) is 2.02. The maximum atomic E-state index is 12.2. The minimum Gasteiger partial charge on any atom is -0.481 e. The van der Waals surface area contributed by atoms with Crippen LogP contribution in [0.25, 0.3) is 0 Å². The molecule has 2 N–H and O–H groups in total. The maximum absolute atomic E-state index is 12.2. The van der Waals surface area contributed by atoms with Crippen LogP contribution in [-0.2, 0) is 4.79 Å². The minimum atomic E-state index is -0.963. The number of rotatable bonds is 5. The van der Waals surface area contributed by atoms with E-state index in [1.54, 1.807) is 37.4 Å². The first-order chi connectivity index (χ1) is 10.1. The molecule has 0 fully saturated rings. The summed E-state index contributed by atoms with van der Waals surface area (Å²) in [4.78, 5) is 27.4. The number of benzene rings is 1. The maximum Gasteiger partial charge on any atom is 0.308 e. The van der Waals surface area contributed by atoms with Gasteiger partial charge in [0, 0.05) is 12.4 Å². The molecule has 0 saturated carbocycles. The Kier molecular flexibility index (Phi) is 4.66. The summed E-state index contributed by atoms with van der Waals surface area (Å²) in [6.45, 7) is 1.57. The van der Waals surface area contributed by atoms with Gasteiger partial charge in [0.1, 0.15) is 0 Å². The number of hydrogen-bond donors (Lipinski definition) is 2. The molecule has 1 aromatic heterocycles. The molecule has 0 unspecified atom stereocenters. The molecule has 5 heteroatoms. The Morgan fingerprint density at radius 1 is 1.14 bits per heavy atom. The molecule has 1 aromatic carbocycles. The van der Waals surface area contributed by atoms with Crippen molar-refractivity contribution in [2.75, 3.05) is 0 Å². The van der Waals surface area contributed by atoms with E-state index >= 15 is 0 Å². The van der Waals surface area contributed by atoms with Crippen LogP contribution in [0.1, 0.15) is 28.9 Å². The molecule has 0 saturated heterocycles. The highest BCUT2D eigenvalue weighted by Gasteiger charge is 2.27. The zero-order valence-electron chi connectivity index (χ0n) is 11.6. The van der Waals surface area contributed by atoms with Gasteiger partial charge in [0.25, 0.3) is 5.91 Å². The number of amides is 1. The molecule has 0 spiro atoms. The van der Waals surface area contributed by atoms with Crippen molar-refractivity contribution >= 4 is 11.9 Å². The van der Waals surface area contributed by atoms with Gasteiger partial charge in [-0.05, 0) is 24.6 Å². The number of carbonyl (C=O) groups excluding carboxylic acids is 1. The first-order valence-corrected chi connectivity index (χ1v) is 6.58. The predicted molar refractivity (Wildman–Crippen MR) is 77.7 cm³/mol. The zero-order chi connectivity index (χ0) is 15.2. The minimum absolute atomic E-state index is 0.343. The lowest BCUT2D eigenvalue weighted by atomic mass is 9.94. The fraction of sp³-hybridized carbons (Fsp3) is 0.188. The standard InChI is InChI=1S/C16H16N2O3/c1-11(16(20)21)14(12-6-3-2-4-7-12)18-15(19)13-8-5-9-17-10-13/h2-11,14H,1H3,(H,18,19)(H,20,21)/t11-,14+/m0/s1. The second-order valence-electron chi connectivity index (χ2n) is 4.73. The predicted octanol–water partition coefficient (Wildman–Crippen LogP) is 2.27. The van der Waals surface area contributed by atoms with E-state index in [4.69, 9.17) is 0 Å². The van der Waals surface area contributed by atoms with Crippen molar-refractivity contribution in [2.45, 2.75) is 13.0 Å². The van der Waals surface area contributed by atoms with Crippen LogP contribution in [-0.4, -0.2) is 22.0 Å². The molecular formula is C16H16N2O3. The van der Waals surface area contributed by atoms with Crippen LogP contribution in [0.3, 0.4) is 0 Å². The van der Waals surface area contributed by atoms with E-state index in [-0.39, 0.29) is 5.91 Å². The number of pyridine rings is 1. The van der Waals surface area contributed by atoms with Gasteiger partial charge >= 0.3 is 5.97 Å². The summed E-state index contributed by atoms with van der Waals surface area (Å²) in [7, 11) is 0. The Hall–Kier alpha value is -2.69. The van der Waals surface area contributed by atoms with Gasteiger partial charge < -0.3 is 10.4 Å². The molecule has 108 valence electrons. The summed E-state index contributed by atoms with van der Waals surface area (Å²) < 4.78 is 0. The number of nitrogens with zero attached hydrogens (tertiary/aromatic N) is 1. The van der Waals surface area contributed by atoms with Crippen LogP contribution >= 0.6 is 0 Å². The highest BCUT2D eigenvalue weighted by molar-refractivity contribution is 5.94. The summed E-state index contributed by atoms with van der Waals surface area (Å²) in [6.07, 6.45) is 3.02. The monoisotopic (exact) mass is 284 g/mol. The van der Waals surface area contributed by atoms with Crippen molar-refractivity contribution in [3.05, 3.63) is 66.0 Å². The van der Waals surface area contributed by atoms with E-state index in [2.05, 4.69) is 10.3 Å². The molecule has 21 heavy (non-hydrogen) atoms. The molecule has 5 nitrogen and oxygen atoms in total. The topological polar surface area (TPSA) is 79.3 Å². The Labute approximate surface area is 122 Å². The van der Waals surface area contributed by atoms with Crippen LogP contribution in [0, 0.1) is 5.92 Å². The third kappa shape index (κ3) is 3.66. The zero-order valence-corrected chi connectivity index (χ0v) is 11.6. The first-order valence-electron chi connectivity index (χ1n) is 6.58. The third-order valence-electron chi connectivity index (χ3n) is 3.26. The molecule has 0 radical (unpaired) electrons. The molecule has 2 rings (SSSR count). The van der Waals surface area contributed by atoms with Gasteiger partial charge in [0.2, 0.25) is 0 Å². The number of carboxylic acids is 1. The molecule has 0 aliphatic heterocycles. The Morgan fingerprint density at radius 2 is 1.86 bits per heavy atom. The van der Waals surface area contributed by atoms with Crippen LogP contribution < -0.4 is 5.32 Å². The highest BCUT2D eigenvalue weighted by atomic mass is 16.4. The number of aliphatic carboxylic acids is 1. The van der Waals surface area contributed by atoms with Crippen LogP contribution in [0.5, 0.6) is 0 Å². The first kappa shape index (κ1) is 14.7.